The smallest absolute Gasteiger partial charge is 0.254 e. The van der Waals surface area contributed by atoms with Crippen LogP contribution in [0.2, 0.25) is 0 Å². The summed E-state index contributed by atoms with van der Waals surface area (Å²) in [5.41, 5.74) is 2.12. The Labute approximate surface area is 157 Å². The summed E-state index contributed by atoms with van der Waals surface area (Å²) < 4.78 is 26.3. The number of rotatable bonds is 6. The fourth-order valence-electron chi connectivity index (χ4n) is 2.59. The van der Waals surface area contributed by atoms with Gasteiger partial charge in [-0.05, 0) is 36.4 Å². The Morgan fingerprint density at radius 3 is 2.59 bits per heavy atom. The molecule has 0 radical (unpaired) electrons. The van der Waals surface area contributed by atoms with E-state index in [1.54, 1.807) is 7.05 Å². The van der Waals surface area contributed by atoms with Gasteiger partial charge in [-0.25, -0.2) is 13.4 Å². The molecule has 0 aliphatic carbocycles. The molecule has 1 aromatic heterocycles. The van der Waals surface area contributed by atoms with E-state index in [2.05, 4.69) is 20.6 Å². The summed E-state index contributed by atoms with van der Waals surface area (Å²) in [6.45, 7) is 0.209. The van der Waals surface area contributed by atoms with Crippen LogP contribution in [0.1, 0.15) is 16.2 Å². The van der Waals surface area contributed by atoms with Crippen LogP contribution in [0.5, 0.6) is 0 Å². The van der Waals surface area contributed by atoms with Crippen LogP contribution in [0.25, 0.3) is 11.0 Å². The molecule has 0 saturated carbocycles. The van der Waals surface area contributed by atoms with Gasteiger partial charge < -0.3 is 9.88 Å². The van der Waals surface area contributed by atoms with Crippen molar-refractivity contribution in [2.45, 2.75) is 11.4 Å². The number of terminal acetylenes is 1. The maximum Gasteiger partial charge on any atom is 0.254 e. The Kier molecular flexibility index (Phi) is 5.26. The van der Waals surface area contributed by atoms with Crippen LogP contribution in [0.15, 0.2) is 53.4 Å². The fourth-order valence-corrected chi connectivity index (χ4v) is 3.53. The van der Waals surface area contributed by atoms with E-state index in [1.807, 2.05) is 24.3 Å². The van der Waals surface area contributed by atoms with Gasteiger partial charge in [-0.1, -0.05) is 18.1 Å². The topological polar surface area (TPSA) is 95.2 Å². The van der Waals surface area contributed by atoms with Crippen molar-refractivity contribution in [3.8, 4) is 12.3 Å². The van der Waals surface area contributed by atoms with Crippen LogP contribution in [0.3, 0.4) is 0 Å². The summed E-state index contributed by atoms with van der Waals surface area (Å²) in [7, 11) is -2.02. The number of carbonyl (C=O) groups excluding carboxylic acids is 1. The molecule has 138 valence electrons. The standard InChI is InChI=1S/C19H18N4O3S/c1-3-12-20-27(25,26)15-10-8-14(9-11-15)19(24)23(2)13-18-21-16-6-4-5-7-17(16)22-18/h1,4-11,20H,12-13H2,2H3,(H,21,22). The molecule has 0 bridgehead atoms. The Morgan fingerprint density at radius 2 is 1.93 bits per heavy atom. The molecule has 0 spiro atoms. The first kappa shape index (κ1) is 18.6. The number of aromatic amines is 1. The first-order chi connectivity index (χ1) is 12.9. The van der Waals surface area contributed by atoms with Crippen molar-refractivity contribution in [2.24, 2.45) is 0 Å². The van der Waals surface area contributed by atoms with Gasteiger partial charge in [-0.3, -0.25) is 4.79 Å². The van der Waals surface area contributed by atoms with E-state index in [4.69, 9.17) is 6.42 Å². The number of nitrogens with one attached hydrogen (secondary N) is 2. The molecule has 3 aromatic rings. The number of sulfonamides is 1. The van der Waals surface area contributed by atoms with E-state index in [0.29, 0.717) is 17.9 Å². The lowest BCUT2D eigenvalue weighted by atomic mass is 10.2. The largest absolute Gasteiger partial charge is 0.340 e. The predicted octanol–water partition coefficient (Wildman–Crippen LogP) is 1.75. The first-order valence-corrected chi connectivity index (χ1v) is 9.61. The number of hydrogen-bond acceptors (Lipinski definition) is 4. The Bertz CT molecular complexity index is 1080. The van der Waals surface area contributed by atoms with Crippen LogP contribution in [0, 0.1) is 12.3 Å². The average molecular weight is 382 g/mol. The number of fused-ring (bicyclic) bond motifs is 1. The van der Waals surface area contributed by atoms with Crippen molar-refractivity contribution >= 4 is 27.0 Å². The molecule has 0 aliphatic heterocycles. The molecule has 7 nitrogen and oxygen atoms in total. The van der Waals surface area contributed by atoms with Gasteiger partial charge in [0.05, 0.1) is 29.0 Å². The van der Waals surface area contributed by atoms with Gasteiger partial charge in [0.15, 0.2) is 0 Å². The molecule has 8 heteroatoms. The predicted molar refractivity (Wildman–Crippen MR) is 102 cm³/mol. The zero-order valence-corrected chi connectivity index (χ0v) is 15.5. The Hall–Kier alpha value is -3.15. The lowest BCUT2D eigenvalue weighted by Gasteiger charge is -2.16. The number of imidazole rings is 1. The number of hydrogen-bond donors (Lipinski definition) is 2. The van der Waals surface area contributed by atoms with Crippen molar-refractivity contribution in [3.05, 3.63) is 59.9 Å². The normalized spacial score (nSPS) is 11.3. The Balaban J connectivity index is 1.72. The molecular weight excluding hydrogens is 364 g/mol. The minimum Gasteiger partial charge on any atom is -0.340 e. The average Bonchev–Trinajstić information content (AvgIpc) is 3.08. The summed E-state index contributed by atoms with van der Waals surface area (Å²) in [6, 6.07) is 13.3. The van der Waals surface area contributed by atoms with Gasteiger partial charge in [-0.15, -0.1) is 6.42 Å². The highest BCUT2D eigenvalue weighted by atomic mass is 32.2. The van der Waals surface area contributed by atoms with Crippen LogP contribution in [0.4, 0.5) is 0 Å². The van der Waals surface area contributed by atoms with E-state index < -0.39 is 10.0 Å². The van der Waals surface area contributed by atoms with Crippen LogP contribution in [-0.2, 0) is 16.6 Å². The molecule has 2 N–H and O–H groups in total. The summed E-state index contributed by atoms with van der Waals surface area (Å²) in [6.07, 6.45) is 5.06. The van der Waals surface area contributed by atoms with E-state index in [-0.39, 0.29) is 17.3 Å². The molecule has 1 amide bonds. The maximum atomic E-state index is 12.6. The molecule has 0 unspecified atom stereocenters. The summed E-state index contributed by atoms with van der Waals surface area (Å²) in [5, 5.41) is 0. The maximum absolute atomic E-state index is 12.6. The molecule has 0 fully saturated rings. The molecular formula is C19H18N4O3S. The van der Waals surface area contributed by atoms with Crippen molar-refractivity contribution in [2.75, 3.05) is 13.6 Å². The van der Waals surface area contributed by atoms with Gasteiger partial charge in [0, 0.05) is 12.6 Å². The highest BCUT2D eigenvalue weighted by Gasteiger charge is 2.17. The van der Waals surface area contributed by atoms with Gasteiger partial charge in [0.2, 0.25) is 10.0 Å². The lowest BCUT2D eigenvalue weighted by molar-refractivity contribution is 0.0782. The quantitative estimate of drug-likeness (QED) is 0.635. The van der Waals surface area contributed by atoms with Gasteiger partial charge in [-0.2, -0.15) is 4.72 Å². The van der Waals surface area contributed by atoms with Crippen molar-refractivity contribution in [1.82, 2.24) is 19.6 Å². The van der Waals surface area contributed by atoms with Crippen molar-refractivity contribution in [1.29, 1.82) is 0 Å². The Morgan fingerprint density at radius 1 is 1.22 bits per heavy atom. The molecule has 2 aromatic carbocycles. The highest BCUT2D eigenvalue weighted by molar-refractivity contribution is 7.89. The first-order valence-electron chi connectivity index (χ1n) is 8.13. The number of amides is 1. The van der Waals surface area contributed by atoms with Crippen molar-refractivity contribution < 1.29 is 13.2 Å². The summed E-state index contributed by atoms with van der Waals surface area (Å²) in [5.74, 6) is 2.64. The molecule has 27 heavy (non-hydrogen) atoms. The second-order valence-electron chi connectivity index (χ2n) is 5.91. The second kappa shape index (κ2) is 7.61. The number of para-hydroxylation sites is 2. The van der Waals surface area contributed by atoms with E-state index in [1.165, 1.54) is 29.2 Å². The van der Waals surface area contributed by atoms with Crippen LogP contribution >= 0.6 is 0 Å². The number of aromatic nitrogens is 2. The highest BCUT2D eigenvalue weighted by Crippen LogP contribution is 2.14. The van der Waals surface area contributed by atoms with E-state index in [9.17, 15) is 13.2 Å². The molecule has 0 atom stereocenters. The number of benzene rings is 2. The summed E-state index contributed by atoms with van der Waals surface area (Å²) in [4.78, 5) is 21.8. The van der Waals surface area contributed by atoms with Crippen LogP contribution < -0.4 is 4.72 Å². The number of carbonyl (C=O) groups is 1. The SMILES string of the molecule is C#CCNS(=O)(=O)c1ccc(C(=O)N(C)Cc2nc3ccccc3[nH]2)cc1. The van der Waals surface area contributed by atoms with E-state index >= 15 is 0 Å². The zero-order chi connectivity index (χ0) is 19.4. The number of H-pyrrole nitrogens is 1. The molecule has 0 saturated heterocycles. The molecule has 0 aliphatic rings. The van der Waals surface area contributed by atoms with Crippen molar-refractivity contribution in [3.63, 3.8) is 0 Å². The van der Waals surface area contributed by atoms with Gasteiger partial charge in [0.25, 0.3) is 5.91 Å². The van der Waals surface area contributed by atoms with Gasteiger partial charge >= 0.3 is 0 Å². The monoisotopic (exact) mass is 382 g/mol. The third kappa shape index (κ3) is 4.16. The zero-order valence-electron chi connectivity index (χ0n) is 14.6. The van der Waals surface area contributed by atoms with Gasteiger partial charge in [0.1, 0.15) is 5.82 Å². The second-order valence-corrected chi connectivity index (χ2v) is 7.68. The minimum absolute atomic E-state index is 0.0502. The fraction of sp³-hybridized carbons (Fsp3) is 0.158. The third-order valence-electron chi connectivity index (χ3n) is 3.95. The minimum atomic E-state index is -3.68. The lowest BCUT2D eigenvalue weighted by Crippen LogP contribution is -2.27. The third-order valence-corrected chi connectivity index (χ3v) is 5.37. The van der Waals surface area contributed by atoms with E-state index in [0.717, 1.165) is 11.0 Å². The summed E-state index contributed by atoms with van der Waals surface area (Å²) >= 11 is 0. The van der Waals surface area contributed by atoms with Crippen LogP contribution in [-0.4, -0.2) is 42.8 Å². The number of nitrogens with zero attached hydrogens (tertiary/aromatic N) is 2. The molecule has 1 heterocycles. The molecule has 3 rings (SSSR count).